The van der Waals surface area contributed by atoms with Crippen LogP contribution in [0, 0.1) is 0 Å². The van der Waals surface area contributed by atoms with Crippen LogP contribution in [0.25, 0.3) is 22.3 Å². The van der Waals surface area contributed by atoms with Gasteiger partial charge in [0.05, 0.1) is 29.7 Å². The fourth-order valence-electron chi connectivity index (χ4n) is 5.16. The maximum absolute atomic E-state index is 13.5. The number of methoxy groups -OCH3 is 1. The number of anilines is 1. The van der Waals surface area contributed by atoms with Crippen molar-refractivity contribution in [2.75, 3.05) is 25.9 Å². The number of nitrogens with zero attached hydrogens (tertiary/aromatic N) is 5. The molecule has 10 nitrogen and oxygen atoms in total. The largest absolute Gasteiger partial charge is 0.496 e. The molecule has 1 fully saturated rings. The minimum Gasteiger partial charge on any atom is -0.496 e. The van der Waals surface area contributed by atoms with E-state index in [1.165, 1.54) is 31.6 Å². The Bertz CT molecular complexity index is 1650. The molecule has 42 heavy (non-hydrogen) atoms. The summed E-state index contributed by atoms with van der Waals surface area (Å²) in [7, 11) is 1.21. The van der Waals surface area contributed by atoms with Crippen LogP contribution in [0.2, 0.25) is 0 Å². The molecule has 2 amide bonds. The minimum atomic E-state index is -4.72. The van der Waals surface area contributed by atoms with Gasteiger partial charge < -0.3 is 20.7 Å². The molecule has 1 aliphatic rings. The molecule has 0 unspecified atom stereocenters. The molecule has 5 rings (SSSR count). The summed E-state index contributed by atoms with van der Waals surface area (Å²) in [5.41, 5.74) is 7.04. The Morgan fingerprint density at radius 2 is 1.95 bits per heavy atom. The number of amides is 2. The standard InChI is InChI=1S/C29H28F3N7O3/c1-3-22(40)38-13-5-6-19(15-38)39-27-24(26(33)35-16-36-27)25(37-39)18-11-9-17(10-12-18)14-34-28(41)23-20(29(30,31)32)7-4-8-21(23)42-2/h3-4,7-12,16,19H,1,5-6,13-15H2,2H3,(H,34,41)(H2,33,35,36)/t19-/m1/s1. The van der Waals surface area contributed by atoms with E-state index < -0.39 is 23.2 Å². The minimum absolute atomic E-state index is 0.0237. The van der Waals surface area contributed by atoms with Gasteiger partial charge in [-0.25, -0.2) is 14.6 Å². The van der Waals surface area contributed by atoms with Crippen molar-refractivity contribution in [3.63, 3.8) is 0 Å². The number of nitrogens with two attached hydrogens (primary N) is 1. The van der Waals surface area contributed by atoms with Gasteiger partial charge in [0.25, 0.3) is 5.91 Å². The number of carbonyl (C=O) groups excluding carboxylic acids is 2. The quantitative estimate of drug-likeness (QED) is 0.311. The molecule has 2 aromatic carbocycles. The first-order chi connectivity index (χ1) is 20.1. The number of hydrogen-bond acceptors (Lipinski definition) is 7. The van der Waals surface area contributed by atoms with E-state index in [0.29, 0.717) is 40.9 Å². The van der Waals surface area contributed by atoms with E-state index in [4.69, 9.17) is 15.6 Å². The summed E-state index contributed by atoms with van der Waals surface area (Å²) in [6.45, 7) is 4.64. The lowest BCUT2D eigenvalue weighted by atomic mass is 10.0. The van der Waals surface area contributed by atoms with E-state index in [9.17, 15) is 22.8 Å². The maximum Gasteiger partial charge on any atom is 0.417 e. The second kappa shape index (κ2) is 11.5. The molecule has 4 aromatic rings. The lowest BCUT2D eigenvalue weighted by Crippen LogP contribution is -2.40. The molecule has 1 aliphatic heterocycles. The summed E-state index contributed by atoms with van der Waals surface area (Å²) < 4.78 is 47.4. The van der Waals surface area contributed by atoms with Gasteiger partial charge in [-0.3, -0.25) is 9.59 Å². The second-order valence-electron chi connectivity index (χ2n) is 9.80. The Kier molecular flexibility index (Phi) is 7.83. The average molecular weight is 580 g/mol. The summed E-state index contributed by atoms with van der Waals surface area (Å²) in [5.74, 6) is -0.969. The molecule has 0 spiro atoms. The average Bonchev–Trinajstić information content (AvgIpc) is 3.40. The van der Waals surface area contributed by atoms with Crippen molar-refractivity contribution in [3.8, 4) is 17.0 Å². The lowest BCUT2D eigenvalue weighted by molar-refractivity contribution is -0.138. The van der Waals surface area contributed by atoms with Crippen LogP contribution < -0.4 is 15.8 Å². The number of hydrogen-bond donors (Lipinski definition) is 2. The molecule has 2 aromatic heterocycles. The van der Waals surface area contributed by atoms with Crippen LogP contribution in [-0.4, -0.2) is 56.7 Å². The third-order valence-corrected chi connectivity index (χ3v) is 7.21. The first-order valence-electron chi connectivity index (χ1n) is 13.1. The predicted molar refractivity (Wildman–Crippen MR) is 149 cm³/mol. The van der Waals surface area contributed by atoms with Crippen molar-refractivity contribution >= 4 is 28.7 Å². The molecular formula is C29H28F3N7O3. The molecule has 3 heterocycles. The molecule has 0 radical (unpaired) electrons. The zero-order valence-corrected chi connectivity index (χ0v) is 22.7. The van der Waals surface area contributed by atoms with Crippen LogP contribution in [0.15, 0.2) is 61.4 Å². The second-order valence-corrected chi connectivity index (χ2v) is 9.80. The zero-order chi connectivity index (χ0) is 30.0. The molecule has 13 heteroatoms. The van der Waals surface area contributed by atoms with E-state index in [1.54, 1.807) is 33.8 Å². The Morgan fingerprint density at radius 3 is 2.64 bits per heavy atom. The van der Waals surface area contributed by atoms with E-state index >= 15 is 0 Å². The van der Waals surface area contributed by atoms with Crippen LogP contribution in [0.1, 0.15) is 40.4 Å². The summed E-state index contributed by atoms with van der Waals surface area (Å²) in [5, 5.41) is 7.96. The van der Waals surface area contributed by atoms with E-state index in [0.717, 1.165) is 18.9 Å². The highest BCUT2D eigenvalue weighted by molar-refractivity contribution is 5.99. The Morgan fingerprint density at radius 1 is 1.19 bits per heavy atom. The van der Waals surface area contributed by atoms with E-state index in [1.807, 2.05) is 0 Å². The monoisotopic (exact) mass is 579 g/mol. The number of alkyl halides is 3. The third kappa shape index (κ3) is 5.49. The van der Waals surface area contributed by atoms with Crippen LogP contribution in [0.3, 0.4) is 0 Å². The summed E-state index contributed by atoms with van der Waals surface area (Å²) in [4.78, 5) is 35.4. The molecule has 218 valence electrons. The molecule has 0 bridgehead atoms. The van der Waals surface area contributed by atoms with Crippen molar-refractivity contribution < 1.29 is 27.5 Å². The Hall–Kier alpha value is -4.94. The number of nitrogens with one attached hydrogen (secondary N) is 1. The topological polar surface area (TPSA) is 128 Å². The van der Waals surface area contributed by atoms with Crippen molar-refractivity contribution in [3.05, 3.63) is 78.1 Å². The third-order valence-electron chi connectivity index (χ3n) is 7.21. The maximum atomic E-state index is 13.5. The highest BCUT2D eigenvalue weighted by Gasteiger charge is 2.37. The number of fused-ring (bicyclic) bond motifs is 1. The van der Waals surface area contributed by atoms with E-state index in [-0.39, 0.29) is 30.1 Å². The smallest absolute Gasteiger partial charge is 0.417 e. The predicted octanol–water partition coefficient (Wildman–Crippen LogP) is 4.38. The molecule has 0 saturated carbocycles. The number of aromatic nitrogens is 4. The molecule has 3 N–H and O–H groups in total. The van der Waals surface area contributed by atoms with Crippen molar-refractivity contribution in [2.24, 2.45) is 0 Å². The van der Waals surface area contributed by atoms with Gasteiger partial charge in [-0.1, -0.05) is 36.9 Å². The fourth-order valence-corrected chi connectivity index (χ4v) is 5.16. The number of benzene rings is 2. The molecule has 1 atom stereocenters. The number of ether oxygens (including phenoxy) is 1. The van der Waals surface area contributed by atoms with Crippen molar-refractivity contribution in [2.45, 2.75) is 31.6 Å². The lowest BCUT2D eigenvalue weighted by Gasteiger charge is -2.32. The highest BCUT2D eigenvalue weighted by Crippen LogP contribution is 2.36. The summed E-state index contributed by atoms with van der Waals surface area (Å²) >= 11 is 0. The SMILES string of the molecule is C=CC(=O)N1CCC[C@@H](n2nc(-c3ccc(CNC(=O)c4c(OC)cccc4C(F)(F)F)cc3)c3c(N)ncnc32)C1. The van der Waals surface area contributed by atoms with Gasteiger partial charge in [0.15, 0.2) is 5.65 Å². The fraction of sp³-hybridized carbons (Fsp3) is 0.276. The van der Waals surface area contributed by atoms with Crippen LogP contribution >= 0.6 is 0 Å². The van der Waals surface area contributed by atoms with Crippen LogP contribution in [-0.2, 0) is 17.5 Å². The molecule has 1 saturated heterocycles. The Balaban J connectivity index is 1.39. The molecular weight excluding hydrogens is 551 g/mol. The number of piperidine rings is 1. The number of halogens is 3. The van der Waals surface area contributed by atoms with Gasteiger partial charge in [0.1, 0.15) is 23.6 Å². The van der Waals surface area contributed by atoms with Gasteiger partial charge in [-0.05, 0) is 36.6 Å². The first-order valence-corrected chi connectivity index (χ1v) is 13.1. The number of carbonyl (C=O) groups is 2. The summed E-state index contributed by atoms with van der Waals surface area (Å²) in [6, 6.07) is 10.2. The van der Waals surface area contributed by atoms with Gasteiger partial charge in [0.2, 0.25) is 5.91 Å². The summed E-state index contributed by atoms with van der Waals surface area (Å²) in [6.07, 6.45) is -0.474. The van der Waals surface area contributed by atoms with Crippen molar-refractivity contribution in [1.29, 1.82) is 0 Å². The van der Waals surface area contributed by atoms with E-state index in [2.05, 4.69) is 21.9 Å². The van der Waals surface area contributed by atoms with Crippen LogP contribution in [0.4, 0.5) is 19.0 Å². The van der Waals surface area contributed by atoms with Gasteiger partial charge in [0, 0.05) is 25.2 Å². The number of nitrogen functional groups attached to an aromatic ring is 1. The Labute approximate surface area is 239 Å². The van der Waals surface area contributed by atoms with Crippen LogP contribution in [0.5, 0.6) is 5.75 Å². The van der Waals surface area contributed by atoms with Gasteiger partial charge in [-0.15, -0.1) is 0 Å². The molecule has 0 aliphatic carbocycles. The van der Waals surface area contributed by atoms with Gasteiger partial charge in [-0.2, -0.15) is 18.3 Å². The normalized spacial score (nSPS) is 15.4. The highest BCUT2D eigenvalue weighted by atomic mass is 19.4. The van der Waals surface area contributed by atoms with Crippen molar-refractivity contribution in [1.82, 2.24) is 30.0 Å². The number of rotatable bonds is 7. The zero-order valence-electron chi connectivity index (χ0n) is 22.7. The number of likely N-dealkylation sites (tertiary alicyclic amines) is 1. The first kappa shape index (κ1) is 28.6. The van der Waals surface area contributed by atoms with Gasteiger partial charge >= 0.3 is 6.18 Å².